The lowest BCUT2D eigenvalue weighted by Crippen LogP contribution is -2.53. The minimum absolute atomic E-state index is 0.0538. The van der Waals surface area contributed by atoms with Gasteiger partial charge in [0.05, 0.1) is 6.61 Å². The van der Waals surface area contributed by atoms with E-state index in [1.807, 2.05) is 6.92 Å². The molecule has 0 radical (unpaired) electrons. The van der Waals surface area contributed by atoms with Crippen molar-refractivity contribution >= 4 is 0 Å². The molecular formula is C11H25N3O. The number of hydrogen-bond donors (Lipinski definition) is 2. The fraction of sp³-hybridized carbons (Fsp3) is 1.00. The van der Waals surface area contributed by atoms with Crippen LogP contribution in [0.15, 0.2) is 0 Å². The van der Waals surface area contributed by atoms with Crippen LogP contribution in [0.1, 0.15) is 19.8 Å². The van der Waals surface area contributed by atoms with Gasteiger partial charge in [-0.2, -0.15) is 0 Å². The van der Waals surface area contributed by atoms with Gasteiger partial charge >= 0.3 is 0 Å². The lowest BCUT2D eigenvalue weighted by atomic mass is 10.0. The fourth-order valence-corrected chi connectivity index (χ4v) is 2.25. The summed E-state index contributed by atoms with van der Waals surface area (Å²) >= 11 is 0. The molecule has 3 N–H and O–H groups in total. The summed E-state index contributed by atoms with van der Waals surface area (Å²) in [5.74, 6) is 0. The van der Waals surface area contributed by atoms with Crippen LogP contribution in [0, 0.1) is 0 Å². The van der Waals surface area contributed by atoms with Gasteiger partial charge in [-0.3, -0.25) is 4.90 Å². The summed E-state index contributed by atoms with van der Waals surface area (Å²) in [6.45, 7) is 4.96. The number of hydrogen-bond acceptors (Lipinski definition) is 4. The van der Waals surface area contributed by atoms with Crippen molar-refractivity contribution in [3.63, 3.8) is 0 Å². The summed E-state index contributed by atoms with van der Waals surface area (Å²) in [6.07, 6.45) is 2.50. The Morgan fingerprint density at radius 2 is 2.20 bits per heavy atom. The van der Waals surface area contributed by atoms with E-state index in [1.165, 1.54) is 12.8 Å². The molecule has 0 aromatic heterocycles. The maximum absolute atomic E-state index is 9.16. The van der Waals surface area contributed by atoms with E-state index in [9.17, 15) is 0 Å². The van der Waals surface area contributed by atoms with Crippen LogP contribution in [-0.2, 0) is 0 Å². The summed E-state index contributed by atoms with van der Waals surface area (Å²) < 4.78 is 0. The first-order valence-electron chi connectivity index (χ1n) is 5.73. The zero-order valence-corrected chi connectivity index (χ0v) is 10.2. The number of likely N-dealkylation sites (N-methyl/N-ethyl adjacent to an activating group) is 1. The van der Waals surface area contributed by atoms with Crippen LogP contribution < -0.4 is 5.73 Å². The topological polar surface area (TPSA) is 52.7 Å². The molecule has 0 bridgehead atoms. The summed E-state index contributed by atoms with van der Waals surface area (Å²) in [5, 5.41) is 9.16. The van der Waals surface area contributed by atoms with Crippen LogP contribution >= 0.6 is 0 Å². The highest BCUT2D eigenvalue weighted by Gasteiger charge is 2.30. The van der Waals surface area contributed by atoms with Gasteiger partial charge in [0.2, 0.25) is 0 Å². The Bertz CT molecular complexity index is 194. The molecule has 2 atom stereocenters. The van der Waals surface area contributed by atoms with Gasteiger partial charge < -0.3 is 15.7 Å². The van der Waals surface area contributed by atoms with Crippen LogP contribution in [-0.4, -0.2) is 66.8 Å². The van der Waals surface area contributed by atoms with Crippen molar-refractivity contribution in [2.24, 2.45) is 5.73 Å². The van der Waals surface area contributed by atoms with Gasteiger partial charge in [-0.1, -0.05) is 0 Å². The molecule has 1 saturated heterocycles. The zero-order valence-electron chi connectivity index (χ0n) is 10.2. The van der Waals surface area contributed by atoms with Crippen LogP contribution in [0.2, 0.25) is 0 Å². The Hall–Kier alpha value is -0.160. The molecule has 90 valence electrons. The van der Waals surface area contributed by atoms with Crippen molar-refractivity contribution in [1.82, 2.24) is 9.80 Å². The van der Waals surface area contributed by atoms with Gasteiger partial charge in [-0.25, -0.2) is 0 Å². The molecule has 15 heavy (non-hydrogen) atoms. The Labute approximate surface area is 93.0 Å². The van der Waals surface area contributed by atoms with Crippen molar-refractivity contribution in [3.05, 3.63) is 0 Å². The maximum Gasteiger partial charge on any atom is 0.0621 e. The molecular weight excluding hydrogens is 190 g/mol. The number of aliphatic hydroxyl groups excluding tert-OH is 1. The zero-order chi connectivity index (χ0) is 11.5. The van der Waals surface area contributed by atoms with Gasteiger partial charge in [-0.05, 0) is 40.4 Å². The lowest BCUT2D eigenvalue weighted by Gasteiger charge is -2.33. The summed E-state index contributed by atoms with van der Waals surface area (Å²) in [7, 11) is 4.20. The first-order chi connectivity index (χ1) is 6.94. The minimum Gasteiger partial charge on any atom is -0.394 e. The molecule has 0 amide bonds. The van der Waals surface area contributed by atoms with E-state index in [0.717, 1.165) is 19.6 Å². The number of likely N-dealkylation sites (tertiary alicyclic amines) is 1. The molecule has 0 aromatic rings. The van der Waals surface area contributed by atoms with E-state index < -0.39 is 5.54 Å². The quantitative estimate of drug-likeness (QED) is 0.662. The molecule has 1 rings (SSSR count). The molecule has 0 aromatic carbocycles. The fourth-order valence-electron chi connectivity index (χ4n) is 2.25. The van der Waals surface area contributed by atoms with Crippen LogP contribution in [0.3, 0.4) is 0 Å². The molecule has 0 saturated carbocycles. The molecule has 1 aliphatic heterocycles. The Morgan fingerprint density at radius 1 is 1.53 bits per heavy atom. The van der Waals surface area contributed by atoms with Crippen molar-refractivity contribution in [1.29, 1.82) is 0 Å². The highest BCUT2D eigenvalue weighted by molar-refractivity contribution is 4.88. The average molecular weight is 215 g/mol. The van der Waals surface area contributed by atoms with E-state index in [0.29, 0.717) is 6.04 Å². The normalized spacial score (nSPS) is 27.2. The molecule has 1 fully saturated rings. The van der Waals surface area contributed by atoms with Crippen molar-refractivity contribution in [3.8, 4) is 0 Å². The highest BCUT2D eigenvalue weighted by atomic mass is 16.3. The molecule has 1 heterocycles. The SMILES string of the molecule is CN(C)CC1CCCN1CC(C)(N)CO. The van der Waals surface area contributed by atoms with E-state index >= 15 is 0 Å². The second kappa shape index (κ2) is 5.25. The first kappa shape index (κ1) is 12.9. The number of aliphatic hydroxyl groups is 1. The average Bonchev–Trinajstić information content (AvgIpc) is 2.51. The van der Waals surface area contributed by atoms with E-state index in [2.05, 4.69) is 23.9 Å². The summed E-state index contributed by atoms with van der Waals surface area (Å²) in [5.41, 5.74) is 5.52. The summed E-state index contributed by atoms with van der Waals surface area (Å²) in [6, 6.07) is 0.606. The predicted molar refractivity (Wildman–Crippen MR) is 62.8 cm³/mol. The van der Waals surface area contributed by atoms with Crippen molar-refractivity contribution in [2.45, 2.75) is 31.3 Å². The molecule has 4 nitrogen and oxygen atoms in total. The second-order valence-corrected chi connectivity index (χ2v) is 5.34. The molecule has 1 aliphatic rings. The van der Waals surface area contributed by atoms with Gasteiger partial charge in [0.15, 0.2) is 0 Å². The van der Waals surface area contributed by atoms with Crippen molar-refractivity contribution < 1.29 is 5.11 Å². The third-order valence-corrected chi connectivity index (χ3v) is 3.00. The van der Waals surface area contributed by atoms with Crippen LogP contribution in [0.5, 0.6) is 0 Å². The van der Waals surface area contributed by atoms with Crippen LogP contribution in [0.4, 0.5) is 0 Å². The van der Waals surface area contributed by atoms with Crippen LogP contribution in [0.25, 0.3) is 0 Å². The third kappa shape index (κ3) is 4.07. The summed E-state index contributed by atoms with van der Waals surface area (Å²) in [4.78, 5) is 4.63. The van der Waals surface area contributed by atoms with Gasteiger partial charge in [0, 0.05) is 24.7 Å². The predicted octanol–water partition coefficient (Wildman–Crippen LogP) is -0.278. The van der Waals surface area contributed by atoms with Gasteiger partial charge in [0.1, 0.15) is 0 Å². The largest absolute Gasteiger partial charge is 0.394 e. The van der Waals surface area contributed by atoms with E-state index in [4.69, 9.17) is 10.8 Å². The molecule has 0 aliphatic carbocycles. The number of nitrogens with zero attached hydrogens (tertiary/aromatic N) is 2. The number of nitrogens with two attached hydrogens (primary N) is 1. The smallest absolute Gasteiger partial charge is 0.0621 e. The maximum atomic E-state index is 9.16. The first-order valence-corrected chi connectivity index (χ1v) is 5.73. The number of rotatable bonds is 5. The van der Waals surface area contributed by atoms with E-state index in [-0.39, 0.29) is 6.61 Å². The van der Waals surface area contributed by atoms with Crippen molar-refractivity contribution in [2.75, 3.05) is 40.3 Å². The Kier molecular flexibility index (Phi) is 4.52. The monoisotopic (exact) mass is 215 g/mol. The minimum atomic E-state index is -0.463. The molecule has 4 heteroatoms. The van der Waals surface area contributed by atoms with E-state index in [1.54, 1.807) is 0 Å². The second-order valence-electron chi connectivity index (χ2n) is 5.34. The highest BCUT2D eigenvalue weighted by Crippen LogP contribution is 2.19. The molecule has 0 spiro atoms. The third-order valence-electron chi connectivity index (χ3n) is 3.00. The standard InChI is InChI=1S/C11H25N3O/c1-11(12,9-15)8-14-6-4-5-10(14)7-13(2)3/h10,15H,4-9,12H2,1-3H3. The Balaban J connectivity index is 2.46. The lowest BCUT2D eigenvalue weighted by molar-refractivity contribution is 0.129. The Morgan fingerprint density at radius 3 is 2.73 bits per heavy atom. The van der Waals surface area contributed by atoms with Gasteiger partial charge in [-0.15, -0.1) is 0 Å². The van der Waals surface area contributed by atoms with Gasteiger partial charge in [0.25, 0.3) is 0 Å². The molecule has 2 unspecified atom stereocenters.